The number of hydrogen-bond donors (Lipinski definition) is 3. The van der Waals surface area contributed by atoms with Gasteiger partial charge in [0.1, 0.15) is 0 Å². The molecule has 0 aliphatic rings. The summed E-state index contributed by atoms with van der Waals surface area (Å²) in [5, 5.41) is 20.1. The molecule has 1 atom stereocenters. The summed E-state index contributed by atoms with van der Waals surface area (Å²) in [6.07, 6.45) is 0.603. The summed E-state index contributed by atoms with van der Waals surface area (Å²) in [5.41, 5.74) is 1.19. The zero-order valence-corrected chi connectivity index (χ0v) is 10.7. The van der Waals surface area contributed by atoms with Crippen LogP contribution in [0.3, 0.4) is 0 Å². The standard InChI is InChI=1S/C14H19NO4/c16-12(14(18)19)9-10-15-13(17)8-4-7-11-5-2-1-3-6-11/h1-3,5-6,12,16H,4,7-10H2,(H,15,17)(H,18,19)/t12-/m0/s1. The number of benzene rings is 1. The van der Waals surface area contributed by atoms with E-state index in [4.69, 9.17) is 10.2 Å². The van der Waals surface area contributed by atoms with Gasteiger partial charge in [-0.1, -0.05) is 30.3 Å². The summed E-state index contributed by atoms with van der Waals surface area (Å²) in [7, 11) is 0. The van der Waals surface area contributed by atoms with Crippen LogP contribution in [0.5, 0.6) is 0 Å². The number of carbonyl (C=O) groups is 2. The third kappa shape index (κ3) is 6.57. The highest BCUT2D eigenvalue weighted by Crippen LogP contribution is 2.04. The largest absolute Gasteiger partial charge is 0.479 e. The number of amides is 1. The number of hydrogen-bond acceptors (Lipinski definition) is 3. The van der Waals surface area contributed by atoms with Gasteiger partial charge in [-0.3, -0.25) is 4.79 Å². The van der Waals surface area contributed by atoms with Gasteiger partial charge in [0.25, 0.3) is 0 Å². The molecule has 1 aromatic carbocycles. The van der Waals surface area contributed by atoms with E-state index in [0.29, 0.717) is 6.42 Å². The van der Waals surface area contributed by atoms with Crippen molar-refractivity contribution in [3.05, 3.63) is 35.9 Å². The van der Waals surface area contributed by atoms with Gasteiger partial charge in [0.15, 0.2) is 6.10 Å². The second kappa shape index (κ2) is 8.26. The molecule has 0 aliphatic heterocycles. The Morgan fingerprint density at radius 3 is 2.53 bits per heavy atom. The van der Waals surface area contributed by atoms with Crippen molar-refractivity contribution in [2.45, 2.75) is 31.8 Å². The second-order valence-corrected chi connectivity index (χ2v) is 4.33. The van der Waals surface area contributed by atoms with Gasteiger partial charge >= 0.3 is 5.97 Å². The van der Waals surface area contributed by atoms with E-state index < -0.39 is 12.1 Å². The van der Waals surface area contributed by atoms with Gasteiger partial charge in [-0.15, -0.1) is 0 Å². The van der Waals surface area contributed by atoms with Crippen molar-refractivity contribution in [1.29, 1.82) is 0 Å². The van der Waals surface area contributed by atoms with Crippen LogP contribution >= 0.6 is 0 Å². The Kier molecular flexibility index (Phi) is 6.60. The third-order valence-corrected chi connectivity index (χ3v) is 2.74. The van der Waals surface area contributed by atoms with E-state index in [1.165, 1.54) is 5.56 Å². The lowest BCUT2D eigenvalue weighted by molar-refractivity contribution is -0.147. The molecule has 1 rings (SSSR count). The number of carbonyl (C=O) groups excluding carboxylic acids is 1. The molecule has 19 heavy (non-hydrogen) atoms. The monoisotopic (exact) mass is 265 g/mol. The van der Waals surface area contributed by atoms with Crippen LogP contribution in [0, 0.1) is 0 Å². The molecule has 1 amide bonds. The molecule has 0 saturated carbocycles. The fraction of sp³-hybridized carbons (Fsp3) is 0.429. The number of aliphatic hydroxyl groups excluding tert-OH is 1. The molecule has 1 aromatic rings. The summed E-state index contributed by atoms with van der Waals surface area (Å²) >= 11 is 0. The van der Waals surface area contributed by atoms with Crippen LogP contribution < -0.4 is 5.32 Å². The Balaban J connectivity index is 2.10. The van der Waals surface area contributed by atoms with Crippen LogP contribution in [0.1, 0.15) is 24.8 Å². The quantitative estimate of drug-likeness (QED) is 0.653. The maximum absolute atomic E-state index is 11.4. The van der Waals surface area contributed by atoms with E-state index in [1.54, 1.807) is 0 Å². The first-order valence-corrected chi connectivity index (χ1v) is 6.31. The average molecular weight is 265 g/mol. The van der Waals surface area contributed by atoms with Gasteiger partial charge in [-0.2, -0.15) is 0 Å². The first-order valence-electron chi connectivity index (χ1n) is 6.31. The fourth-order valence-electron chi connectivity index (χ4n) is 1.66. The minimum Gasteiger partial charge on any atom is -0.479 e. The Morgan fingerprint density at radius 1 is 1.21 bits per heavy atom. The molecule has 0 bridgehead atoms. The number of aryl methyl sites for hydroxylation is 1. The highest BCUT2D eigenvalue weighted by Gasteiger charge is 2.12. The lowest BCUT2D eigenvalue weighted by Crippen LogP contribution is -2.29. The Morgan fingerprint density at radius 2 is 1.89 bits per heavy atom. The SMILES string of the molecule is O=C(CCCc1ccccc1)NCC[C@H](O)C(=O)O. The van der Waals surface area contributed by atoms with Crippen molar-refractivity contribution >= 4 is 11.9 Å². The van der Waals surface area contributed by atoms with Crippen LogP contribution in [-0.2, 0) is 16.0 Å². The molecule has 3 N–H and O–H groups in total. The predicted molar refractivity (Wildman–Crippen MR) is 70.6 cm³/mol. The Bertz CT molecular complexity index is 405. The van der Waals surface area contributed by atoms with Crippen molar-refractivity contribution in [3.63, 3.8) is 0 Å². The molecule has 0 aliphatic carbocycles. The number of nitrogens with one attached hydrogen (secondary N) is 1. The Hall–Kier alpha value is -1.88. The summed E-state index contributed by atoms with van der Waals surface area (Å²) in [4.78, 5) is 21.8. The van der Waals surface area contributed by atoms with Crippen molar-refractivity contribution in [2.24, 2.45) is 0 Å². The van der Waals surface area contributed by atoms with E-state index in [9.17, 15) is 9.59 Å². The van der Waals surface area contributed by atoms with Gasteiger partial charge in [-0.05, 0) is 18.4 Å². The van der Waals surface area contributed by atoms with Crippen LogP contribution in [0.15, 0.2) is 30.3 Å². The number of rotatable bonds is 8. The lowest BCUT2D eigenvalue weighted by atomic mass is 10.1. The van der Waals surface area contributed by atoms with Crippen LogP contribution in [0.2, 0.25) is 0 Å². The van der Waals surface area contributed by atoms with E-state index >= 15 is 0 Å². The zero-order valence-electron chi connectivity index (χ0n) is 10.7. The van der Waals surface area contributed by atoms with Gasteiger partial charge in [0, 0.05) is 19.4 Å². The smallest absolute Gasteiger partial charge is 0.332 e. The van der Waals surface area contributed by atoms with Crippen LogP contribution in [0.4, 0.5) is 0 Å². The molecule has 104 valence electrons. The number of aliphatic carboxylic acids is 1. The minimum absolute atomic E-state index is 0.0275. The molecule has 0 radical (unpaired) electrons. The number of aliphatic hydroxyl groups is 1. The summed E-state index contributed by atoms with van der Waals surface area (Å²) in [6.45, 7) is 0.178. The van der Waals surface area contributed by atoms with Crippen molar-refractivity contribution in [1.82, 2.24) is 5.32 Å². The van der Waals surface area contributed by atoms with Gasteiger partial charge < -0.3 is 15.5 Å². The van der Waals surface area contributed by atoms with Crippen LogP contribution in [0.25, 0.3) is 0 Å². The molecule has 0 fully saturated rings. The predicted octanol–water partition coefficient (Wildman–Crippen LogP) is 0.961. The maximum Gasteiger partial charge on any atom is 0.332 e. The maximum atomic E-state index is 11.4. The first-order chi connectivity index (χ1) is 9.09. The molecular weight excluding hydrogens is 246 g/mol. The third-order valence-electron chi connectivity index (χ3n) is 2.74. The van der Waals surface area contributed by atoms with E-state index in [2.05, 4.69) is 5.32 Å². The van der Waals surface area contributed by atoms with Gasteiger partial charge in [-0.25, -0.2) is 4.79 Å². The van der Waals surface area contributed by atoms with E-state index in [-0.39, 0.29) is 18.9 Å². The van der Waals surface area contributed by atoms with E-state index in [0.717, 1.165) is 12.8 Å². The molecule has 0 aromatic heterocycles. The zero-order chi connectivity index (χ0) is 14.1. The van der Waals surface area contributed by atoms with Crippen molar-refractivity contribution in [2.75, 3.05) is 6.54 Å². The van der Waals surface area contributed by atoms with Crippen LogP contribution in [-0.4, -0.2) is 34.7 Å². The highest BCUT2D eigenvalue weighted by atomic mass is 16.4. The van der Waals surface area contributed by atoms with Crippen molar-refractivity contribution in [3.8, 4) is 0 Å². The van der Waals surface area contributed by atoms with Crippen molar-refractivity contribution < 1.29 is 19.8 Å². The molecule has 0 spiro atoms. The Labute approximate surface area is 112 Å². The normalized spacial score (nSPS) is 11.8. The summed E-state index contributed by atoms with van der Waals surface area (Å²) in [5.74, 6) is -1.38. The first kappa shape index (κ1) is 15.2. The summed E-state index contributed by atoms with van der Waals surface area (Å²) in [6, 6.07) is 9.90. The number of carboxylic acid groups (broad SMARTS) is 1. The molecule has 0 heterocycles. The topological polar surface area (TPSA) is 86.6 Å². The number of carboxylic acids is 1. The second-order valence-electron chi connectivity index (χ2n) is 4.33. The minimum atomic E-state index is -1.41. The fourth-order valence-corrected chi connectivity index (χ4v) is 1.66. The molecular formula is C14H19NO4. The molecule has 5 nitrogen and oxygen atoms in total. The van der Waals surface area contributed by atoms with Gasteiger partial charge in [0.2, 0.25) is 5.91 Å². The average Bonchev–Trinajstić information content (AvgIpc) is 2.39. The molecule has 0 saturated heterocycles. The van der Waals surface area contributed by atoms with E-state index in [1.807, 2.05) is 30.3 Å². The lowest BCUT2D eigenvalue weighted by Gasteiger charge is -2.07. The molecule has 0 unspecified atom stereocenters. The molecule has 5 heteroatoms. The summed E-state index contributed by atoms with van der Waals surface area (Å²) < 4.78 is 0. The van der Waals surface area contributed by atoms with Gasteiger partial charge in [0.05, 0.1) is 0 Å². The highest BCUT2D eigenvalue weighted by molar-refractivity contribution is 5.76.